The number of nitrogens with zero attached hydrogens (tertiary/aromatic N) is 2. The first-order valence-electron chi connectivity index (χ1n) is 7.38. The number of carbonyl (C=O) groups is 1. The Labute approximate surface area is 138 Å². The summed E-state index contributed by atoms with van der Waals surface area (Å²) in [6.07, 6.45) is -4.52. The fourth-order valence-electron chi connectivity index (χ4n) is 2.20. The Bertz CT molecular complexity index is 702. The summed E-state index contributed by atoms with van der Waals surface area (Å²) in [6, 6.07) is 11.6. The van der Waals surface area contributed by atoms with E-state index in [-0.39, 0.29) is 11.3 Å². The Morgan fingerprint density at radius 3 is 2.42 bits per heavy atom. The van der Waals surface area contributed by atoms with Crippen molar-refractivity contribution in [3.8, 4) is 0 Å². The van der Waals surface area contributed by atoms with E-state index in [1.807, 2.05) is 42.3 Å². The SMILES string of the molecule is Cc1nc(C(F)(F)F)ccc1C(=O)NCCN(C)c1ccccc1. The van der Waals surface area contributed by atoms with Crippen molar-refractivity contribution in [3.63, 3.8) is 0 Å². The van der Waals surface area contributed by atoms with Crippen LogP contribution >= 0.6 is 0 Å². The molecule has 0 aliphatic carbocycles. The number of anilines is 1. The van der Waals surface area contributed by atoms with Crippen molar-refractivity contribution in [1.29, 1.82) is 0 Å². The molecule has 1 heterocycles. The normalized spacial score (nSPS) is 11.2. The second-order valence-electron chi connectivity index (χ2n) is 5.34. The number of para-hydroxylation sites is 1. The molecule has 0 radical (unpaired) electrons. The quantitative estimate of drug-likeness (QED) is 0.911. The molecule has 4 nitrogen and oxygen atoms in total. The molecule has 0 atom stereocenters. The molecular weight excluding hydrogens is 319 g/mol. The summed E-state index contributed by atoms with van der Waals surface area (Å²) in [7, 11) is 1.90. The molecule has 1 amide bonds. The minimum Gasteiger partial charge on any atom is -0.373 e. The van der Waals surface area contributed by atoms with Crippen LogP contribution in [-0.4, -0.2) is 31.0 Å². The van der Waals surface area contributed by atoms with E-state index in [0.717, 1.165) is 17.8 Å². The number of rotatable bonds is 5. The maximum absolute atomic E-state index is 12.6. The standard InChI is InChI=1S/C17H18F3N3O/c1-12-14(8-9-15(22-12)17(18,19)20)16(24)21-10-11-23(2)13-6-4-3-5-7-13/h3-9H,10-11H2,1-2H3,(H,21,24). The average molecular weight is 337 g/mol. The Kier molecular flexibility index (Phi) is 5.43. The lowest BCUT2D eigenvalue weighted by Crippen LogP contribution is -2.33. The average Bonchev–Trinajstić information content (AvgIpc) is 2.54. The van der Waals surface area contributed by atoms with Crippen molar-refractivity contribution in [2.75, 3.05) is 25.0 Å². The molecule has 0 bridgehead atoms. The van der Waals surface area contributed by atoms with Crippen molar-refractivity contribution in [2.24, 2.45) is 0 Å². The third-order valence-electron chi connectivity index (χ3n) is 3.55. The van der Waals surface area contributed by atoms with Gasteiger partial charge in [0.05, 0.1) is 11.3 Å². The molecule has 2 aromatic rings. The van der Waals surface area contributed by atoms with Gasteiger partial charge in [0.15, 0.2) is 0 Å². The molecule has 0 aliphatic heterocycles. The first-order valence-corrected chi connectivity index (χ1v) is 7.38. The predicted molar refractivity (Wildman–Crippen MR) is 86.0 cm³/mol. The molecule has 0 saturated carbocycles. The molecule has 24 heavy (non-hydrogen) atoms. The van der Waals surface area contributed by atoms with Crippen LogP contribution in [0.25, 0.3) is 0 Å². The number of pyridine rings is 1. The number of benzene rings is 1. The number of likely N-dealkylation sites (N-methyl/N-ethyl adjacent to an activating group) is 1. The number of hydrogen-bond acceptors (Lipinski definition) is 3. The summed E-state index contributed by atoms with van der Waals surface area (Å²) < 4.78 is 37.8. The number of aryl methyl sites for hydroxylation is 1. The van der Waals surface area contributed by atoms with Gasteiger partial charge in [0.25, 0.3) is 5.91 Å². The van der Waals surface area contributed by atoms with E-state index < -0.39 is 17.8 Å². The van der Waals surface area contributed by atoms with Gasteiger partial charge in [-0.2, -0.15) is 13.2 Å². The Balaban J connectivity index is 1.93. The first-order chi connectivity index (χ1) is 11.3. The van der Waals surface area contributed by atoms with Gasteiger partial charge in [0, 0.05) is 25.8 Å². The van der Waals surface area contributed by atoms with Crippen LogP contribution < -0.4 is 10.2 Å². The van der Waals surface area contributed by atoms with Crippen LogP contribution in [0.3, 0.4) is 0 Å². The third kappa shape index (κ3) is 4.47. The summed E-state index contributed by atoms with van der Waals surface area (Å²) in [6.45, 7) is 2.33. The highest BCUT2D eigenvalue weighted by Gasteiger charge is 2.33. The molecule has 1 N–H and O–H groups in total. The molecule has 0 spiro atoms. The zero-order valence-corrected chi connectivity index (χ0v) is 13.4. The summed E-state index contributed by atoms with van der Waals surface area (Å²) in [5.74, 6) is -0.435. The molecule has 0 aliphatic rings. The van der Waals surface area contributed by atoms with Gasteiger partial charge < -0.3 is 10.2 Å². The molecule has 7 heteroatoms. The molecule has 1 aromatic carbocycles. The monoisotopic (exact) mass is 337 g/mol. The highest BCUT2D eigenvalue weighted by molar-refractivity contribution is 5.95. The Morgan fingerprint density at radius 1 is 1.17 bits per heavy atom. The lowest BCUT2D eigenvalue weighted by molar-refractivity contribution is -0.141. The number of hydrogen-bond donors (Lipinski definition) is 1. The predicted octanol–water partition coefficient (Wildman–Crippen LogP) is 3.28. The van der Waals surface area contributed by atoms with Gasteiger partial charge >= 0.3 is 6.18 Å². The van der Waals surface area contributed by atoms with Gasteiger partial charge in [-0.3, -0.25) is 4.79 Å². The van der Waals surface area contributed by atoms with E-state index in [1.54, 1.807) is 0 Å². The molecule has 128 valence electrons. The van der Waals surface area contributed by atoms with Crippen LogP contribution in [0.4, 0.5) is 18.9 Å². The van der Waals surface area contributed by atoms with Crippen molar-refractivity contribution in [2.45, 2.75) is 13.1 Å². The van der Waals surface area contributed by atoms with Crippen LogP contribution in [0.15, 0.2) is 42.5 Å². The Hall–Kier alpha value is -2.57. The maximum Gasteiger partial charge on any atom is 0.433 e. The van der Waals surface area contributed by atoms with Gasteiger partial charge in [-0.25, -0.2) is 4.98 Å². The fraction of sp³-hybridized carbons (Fsp3) is 0.294. The highest BCUT2D eigenvalue weighted by atomic mass is 19.4. The zero-order valence-electron chi connectivity index (χ0n) is 13.4. The van der Waals surface area contributed by atoms with E-state index in [4.69, 9.17) is 0 Å². The van der Waals surface area contributed by atoms with Crippen LogP contribution in [0.5, 0.6) is 0 Å². The van der Waals surface area contributed by atoms with Gasteiger partial charge in [-0.15, -0.1) is 0 Å². The van der Waals surface area contributed by atoms with Crippen LogP contribution in [0, 0.1) is 6.92 Å². The van der Waals surface area contributed by atoms with E-state index >= 15 is 0 Å². The zero-order chi connectivity index (χ0) is 17.7. The van der Waals surface area contributed by atoms with E-state index in [1.165, 1.54) is 6.92 Å². The van der Waals surface area contributed by atoms with Crippen LogP contribution in [-0.2, 0) is 6.18 Å². The van der Waals surface area contributed by atoms with Crippen molar-refractivity contribution in [3.05, 3.63) is 59.4 Å². The smallest absolute Gasteiger partial charge is 0.373 e. The maximum atomic E-state index is 12.6. The summed E-state index contributed by atoms with van der Waals surface area (Å²) in [5.41, 5.74) is 0.212. The summed E-state index contributed by atoms with van der Waals surface area (Å²) in [4.78, 5) is 17.5. The number of alkyl halides is 3. The molecule has 2 rings (SSSR count). The Morgan fingerprint density at radius 2 is 1.83 bits per heavy atom. The number of halogens is 3. The van der Waals surface area contributed by atoms with Gasteiger partial charge in [-0.05, 0) is 31.2 Å². The highest BCUT2D eigenvalue weighted by Crippen LogP contribution is 2.28. The number of aromatic nitrogens is 1. The van der Waals surface area contributed by atoms with Gasteiger partial charge in [-0.1, -0.05) is 18.2 Å². The first kappa shape index (κ1) is 17.8. The van der Waals surface area contributed by atoms with E-state index in [0.29, 0.717) is 13.1 Å². The van der Waals surface area contributed by atoms with Crippen molar-refractivity contribution in [1.82, 2.24) is 10.3 Å². The lowest BCUT2D eigenvalue weighted by atomic mass is 10.1. The van der Waals surface area contributed by atoms with Crippen molar-refractivity contribution < 1.29 is 18.0 Å². The van der Waals surface area contributed by atoms with E-state index in [2.05, 4.69) is 10.3 Å². The molecular formula is C17H18F3N3O. The van der Waals surface area contributed by atoms with Crippen LogP contribution in [0.1, 0.15) is 21.7 Å². The number of carbonyl (C=O) groups excluding carboxylic acids is 1. The molecule has 0 saturated heterocycles. The fourth-order valence-corrected chi connectivity index (χ4v) is 2.20. The van der Waals surface area contributed by atoms with Gasteiger partial charge in [0.2, 0.25) is 0 Å². The van der Waals surface area contributed by atoms with E-state index in [9.17, 15) is 18.0 Å². The minimum absolute atomic E-state index is 0.0544. The lowest BCUT2D eigenvalue weighted by Gasteiger charge is -2.19. The summed E-state index contributed by atoms with van der Waals surface area (Å²) in [5, 5.41) is 2.70. The second-order valence-corrected chi connectivity index (χ2v) is 5.34. The third-order valence-corrected chi connectivity index (χ3v) is 3.55. The van der Waals surface area contributed by atoms with Crippen molar-refractivity contribution >= 4 is 11.6 Å². The number of amides is 1. The molecule has 0 unspecified atom stereocenters. The van der Waals surface area contributed by atoms with Crippen LogP contribution in [0.2, 0.25) is 0 Å². The molecule has 0 fully saturated rings. The topological polar surface area (TPSA) is 45.2 Å². The summed E-state index contributed by atoms with van der Waals surface area (Å²) >= 11 is 0. The largest absolute Gasteiger partial charge is 0.433 e. The minimum atomic E-state index is -4.52. The number of nitrogens with one attached hydrogen (secondary N) is 1. The van der Waals surface area contributed by atoms with Gasteiger partial charge in [0.1, 0.15) is 5.69 Å². The molecule has 1 aromatic heterocycles. The second kappa shape index (κ2) is 7.33.